The second-order valence-corrected chi connectivity index (χ2v) is 5.62. The van der Waals surface area contributed by atoms with Crippen molar-refractivity contribution < 1.29 is 0 Å². The highest BCUT2D eigenvalue weighted by molar-refractivity contribution is 4.91. The normalized spacial score (nSPS) is 38.1. The zero-order valence-electron chi connectivity index (χ0n) is 9.60. The van der Waals surface area contributed by atoms with Crippen LogP contribution in [0.25, 0.3) is 0 Å². The number of hydrogen-bond acceptors (Lipinski definition) is 2. The number of nitrogens with one attached hydrogen (secondary N) is 2. The molecule has 0 spiro atoms. The van der Waals surface area contributed by atoms with Gasteiger partial charge >= 0.3 is 0 Å². The maximum absolute atomic E-state index is 3.63. The van der Waals surface area contributed by atoms with Crippen molar-refractivity contribution in [2.45, 2.75) is 52.0 Å². The first-order valence-electron chi connectivity index (χ1n) is 6.14. The van der Waals surface area contributed by atoms with Crippen LogP contribution in [0.2, 0.25) is 0 Å². The predicted octanol–water partition coefficient (Wildman–Crippen LogP) is 2.11. The van der Waals surface area contributed by atoms with Crippen molar-refractivity contribution in [1.82, 2.24) is 10.6 Å². The summed E-state index contributed by atoms with van der Waals surface area (Å²) in [5.74, 6) is 0.901. The predicted molar refractivity (Wildman–Crippen MR) is 60.1 cm³/mol. The highest BCUT2D eigenvalue weighted by Crippen LogP contribution is 2.43. The summed E-state index contributed by atoms with van der Waals surface area (Å²) in [4.78, 5) is 0. The highest BCUT2D eigenvalue weighted by atomic mass is 15.1. The van der Waals surface area contributed by atoms with E-state index in [9.17, 15) is 0 Å². The summed E-state index contributed by atoms with van der Waals surface area (Å²) in [6.07, 6.45) is 7.05. The molecule has 0 radical (unpaired) electrons. The molecule has 2 heteroatoms. The molecule has 2 nitrogen and oxygen atoms in total. The minimum absolute atomic E-state index is 0.563. The van der Waals surface area contributed by atoms with Gasteiger partial charge in [0.25, 0.3) is 0 Å². The van der Waals surface area contributed by atoms with Crippen LogP contribution in [0.15, 0.2) is 0 Å². The summed E-state index contributed by atoms with van der Waals surface area (Å²) in [5.41, 5.74) is 0.563. The largest absolute Gasteiger partial charge is 0.304 e. The minimum Gasteiger partial charge on any atom is -0.304 e. The standard InChI is InChI=1S/C12H24N2/c1-12(2)7-4-3-5-10(12)11-6-8-13-9-14-11/h10-11,13-14H,3-9H2,1-2H3. The van der Waals surface area contributed by atoms with E-state index in [1.54, 1.807) is 0 Å². The maximum atomic E-state index is 3.63. The first kappa shape index (κ1) is 10.4. The van der Waals surface area contributed by atoms with Gasteiger partial charge in [0.05, 0.1) is 0 Å². The first-order valence-corrected chi connectivity index (χ1v) is 6.14. The lowest BCUT2D eigenvalue weighted by molar-refractivity contribution is 0.0868. The molecule has 82 valence electrons. The Labute approximate surface area is 87.8 Å². The van der Waals surface area contributed by atoms with E-state index in [4.69, 9.17) is 0 Å². The van der Waals surface area contributed by atoms with E-state index >= 15 is 0 Å². The van der Waals surface area contributed by atoms with Crippen LogP contribution in [-0.2, 0) is 0 Å². The van der Waals surface area contributed by atoms with Gasteiger partial charge in [-0.2, -0.15) is 0 Å². The van der Waals surface area contributed by atoms with Gasteiger partial charge in [-0.1, -0.05) is 26.7 Å². The molecule has 1 saturated heterocycles. The molecule has 0 aromatic rings. The van der Waals surface area contributed by atoms with E-state index in [1.165, 1.54) is 38.6 Å². The fourth-order valence-electron chi connectivity index (χ4n) is 3.26. The molecule has 0 bridgehead atoms. The van der Waals surface area contributed by atoms with Crippen molar-refractivity contribution in [3.63, 3.8) is 0 Å². The molecular weight excluding hydrogens is 172 g/mol. The summed E-state index contributed by atoms with van der Waals surface area (Å²) in [5, 5.41) is 7.00. The third-order valence-electron chi connectivity index (χ3n) is 4.20. The molecule has 2 rings (SSSR count). The lowest BCUT2D eigenvalue weighted by atomic mass is 9.65. The molecule has 0 aromatic carbocycles. The minimum atomic E-state index is 0.563. The molecule has 1 aliphatic heterocycles. The average molecular weight is 196 g/mol. The Morgan fingerprint density at radius 2 is 2.00 bits per heavy atom. The molecule has 1 aliphatic carbocycles. The maximum Gasteiger partial charge on any atom is 0.0456 e. The second kappa shape index (κ2) is 4.19. The number of rotatable bonds is 1. The van der Waals surface area contributed by atoms with E-state index in [0.29, 0.717) is 5.41 Å². The van der Waals surface area contributed by atoms with Gasteiger partial charge in [-0.25, -0.2) is 0 Å². The lowest BCUT2D eigenvalue weighted by Crippen LogP contribution is -2.52. The van der Waals surface area contributed by atoms with Crippen LogP contribution in [0, 0.1) is 11.3 Å². The monoisotopic (exact) mass is 196 g/mol. The van der Waals surface area contributed by atoms with E-state index in [-0.39, 0.29) is 0 Å². The van der Waals surface area contributed by atoms with Crippen molar-refractivity contribution in [2.24, 2.45) is 11.3 Å². The van der Waals surface area contributed by atoms with Crippen molar-refractivity contribution in [3.8, 4) is 0 Å². The zero-order valence-corrected chi connectivity index (χ0v) is 9.60. The molecule has 14 heavy (non-hydrogen) atoms. The van der Waals surface area contributed by atoms with Gasteiger partial charge in [0, 0.05) is 12.7 Å². The first-order chi connectivity index (χ1) is 6.70. The third-order valence-corrected chi connectivity index (χ3v) is 4.20. The molecule has 2 N–H and O–H groups in total. The average Bonchev–Trinajstić information content (AvgIpc) is 2.18. The van der Waals surface area contributed by atoms with Crippen LogP contribution in [-0.4, -0.2) is 19.3 Å². The summed E-state index contributed by atoms with van der Waals surface area (Å²) >= 11 is 0. The Balaban J connectivity index is 1.99. The molecule has 1 heterocycles. The Morgan fingerprint density at radius 3 is 2.64 bits per heavy atom. The van der Waals surface area contributed by atoms with E-state index in [1.807, 2.05) is 0 Å². The summed E-state index contributed by atoms with van der Waals surface area (Å²) in [6.45, 7) is 7.13. The van der Waals surface area contributed by atoms with E-state index in [2.05, 4.69) is 24.5 Å². The fraction of sp³-hybridized carbons (Fsp3) is 1.00. The summed E-state index contributed by atoms with van der Waals surface area (Å²) in [7, 11) is 0. The van der Waals surface area contributed by atoms with Gasteiger partial charge in [-0.15, -0.1) is 0 Å². The summed E-state index contributed by atoms with van der Waals surface area (Å²) < 4.78 is 0. The van der Waals surface area contributed by atoms with Crippen molar-refractivity contribution in [1.29, 1.82) is 0 Å². The van der Waals surface area contributed by atoms with E-state index < -0.39 is 0 Å². The van der Waals surface area contributed by atoms with Crippen LogP contribution in [0.4, 0.5) is 0 Å². The van der Waals surface area contributed by atoms with Crippen molar-refractivity contribution >= 4 is 0 Å². The molecule has 2 aliphatic rings. The Morgan fingerprint density at radius 1 is 1.14 bits per heavy atom. The molecule has 0 amide bonds. The zero-order chi connectivity index (χ0) is 10.0. The Kier molecular flexibility index (Phi) is 3.13. The molecule has 2 fully saturated rings. The number of hydrogen-bond donors (Lipinski definition) is 2. The lowest BCUT2D eigenvalue weighted by Gasteiger charge is -2.45. The fourth-order valence-corrected chi connectivity index (χ4v) is 3.26. The molecule has 2 atom stereocenters. The molecule has 0 aromatic heterocycles. The van der Waals surface area contributed by atoms with Gasteiger partial charge in [0.2, 0.25) is 0 Å². The molecule has 1 saturated carbocycles. The second-order valence-electron chi connectivity index (χ2n) is 5.62. The quantitative estimate of drug-likeness (QED) is 0.671. The van der Waals surface area contributed by atoms with E-state index in [0.717, 1.165) is 18.6 Å². The van der Waals surface area contributed by atoms with Crippen LogP contribution < -0.4 is 10.6 Å². The van der Waals surface area contributed by atoms with Gasteiger partial charge < -0.3 is 10.6 Å². The molecular formula is C12H24N2. The topological polar surface area (TPSA) is 24.1 Å². The van der Waals surface area contributed by atoms with Crippen LogP contribution in [0.3, 0.4) is 0 Å². The van der Waals surface area contributed by atoms with Crippen molar-refractivity contribution in [3.05, 3.63) is 0 Å². The highest BCUT2D eigenvalue weighted by Gasteiger charge is 2.37. The van der Waals surface area contributed by atoms with Gasteiger partial charge in [0.15, 0.2) is 0 Å². The van der Waals surface area contributed by atoms with Crippen molar-refractivity contribution in [2.75, 3.05) is 13.2 Å². The molecule has 2 unspecified atom stereocenters. The smallest absolute Gasteiger partial charge is 0.0456 e. The van der Waals surface area contributed by atoms with Gasteiger partial charge in [0.1, 0.15) is 0 Å². The van der Waals surface area contributed by atoms with Crippen LogP contribution >= 0.6 is 0 Å². The summed E-state index contributed by atoms with van der Waals surface area (Å²) in [6, 6.07) is 0.770. The Hall–Kier alpha value is -0.0800. The SMILES string of the molecule is CC1(C)CCCCC1C1CCNCN1. The van der Waals surface area contributed by atoms with Crippen LogP contribution in [0.1, 0.15) is 46.0 Å². The van der Waals surface area contributed by atoms with Gasteiger partial charge in [-0.3, -0.25) is 0 Å². The van der Waals surface area contributed by atoms with Crippen LogP contribution in [0.5, 0.6) is 0 Å². The van der Waals surface area contributed by atoms with Gasteiger partial charge in [-0.05, 0) is 37.1 Å². The third kappa shape index (κ3) is 2.12. The Bertz CT molecular complexity index is 183.